The number of hydrogen-bond acceptors (Lipinski definition) is 4. The van der Waals surface area contributed by atoms with Gasteiger partial charge in [0.05, 0.1) is 18.9 Å². The summed E-state index contributed by atoms with van der Waals surface area (Å²) in [4.78, 5) is 26.0. The van der Waals surface area contributed by atoms with Gasteiger partial charge in [-0.3, -0.25) is 9.59 Å². The van der Waals surface area contributed by atoms with Crippen molar-refractivity contribution in [3.63, 3.8) is 0 Å². The van der Waals surface area contributed by atoms with Gasteiger partial charge in [0.15, 0.2) is 5.56 Å². The van der Waals surface area contributed by atoms with Gasteiger partial charge >= 0.3 is 0 Å². The Balaban J connectivity index is 1.55. The monoisotopic (exact) mass is 365 g/mol. The molecule has 4 rings (SSSR count). The van der Waals surface area contributed by atoms with Crippen LogP contribution in [0.25, 0.3) is 0 Å². The zero-order chi connectivity index (χ0) is 17.6. The lowest BCUT2D eigenvalue weighted by atomic mass is 9.93. The smallest absolute Gasteiger partial charge is 0.261 e. The zero-order valence-corrected chi connectivity index (χ0v) is 14.2. The van der Waals surface area contributed by atoms with E-state index in [9.17, 15) is 14.0 Å². The molecule has 0 spiro atoms. The molecule has 0 saturated carbocycles. The number of benzene rings is 1. The number of alkyl halides is 1. The van der Waals surface area contributed by atoms with E-state index in [1.54, 1.807) is 6.07 Å². The number of carbonyl (C=O) groups is 2. The summed E-state index contributed by atoms with van der Waals surface area (Å²) >= 11 is 6.12. The van der Waals surface area contributed by atoms with Gasteiger partial charge in [-0.05, 0) is 43.4 Å². The van der Waals surface area contributed by atoms with E-state index >= 15 is 0 Å². The highest BCUT2D eigenvalue weighted by atomic mass is 35.5. The molecule has 1 aliphatic carbocycles. The molecule has 132 valence electrons. The van der Waals surface area contributed by atoms with E-state index in [1.807, 2.05) is 0 Å². The third-order valence-corrected chi connectivity index (χ3v) is 5.07. The number of imide groups is 1. The first-order valence-electron chi connectivity index (χ1n) is 8.34. The highest BCUT2D eigenvalue weighted by Gasteiger charge is 2.40. The van der Waals surface area contributed by atoms with E-state index in [4.69, 9.17) is 21.1 Å². The molecule has 5 nitrogen and oxygen atoms in total. The van der Waals surface area contributed by atoms with Crippen molar-refractivity contribution < 1.29 is 23.5 Å². The Morgan fingerprint density at radius 3 is 2.44 bits per heavy atom. The molecule has 2 unspecified atom stereocenters. The van der Waals surface area contributed by atoms with E-state index in [-0.39, 0.29) is 11.8 Å². The van der Waals surface area contributed by atoms with Crippen molar-refractivity contribution in [2.24, 2.45) is 0 Å². The standard InChI is InChI=1S/C18H17ClFNO4/c19-16(25-9-11-8-24-11)10-5-6-15(14(20)7-10)21-17(22)12-3-1-2-4-13(12)18(21)23/h5-7,11,16H,1-4,8-9H2. The molecule has 1 saturated heterocycles. The molecular formula is C18H17ClFNO4. The third kappa shape index (κ3) is 3.10. The molecule has 1 aromatic carbocycles. The first kappa shape index (κ1) is 16.7. The summed E-state index contributed by atoms with van der Waals surface area (Å²) in [5.41, 5.74) is 0.636. The Bertz CT molecular complexity index is 746. The molecule has 1 fully saturated rings. The second-order valence-electron chi connectivity index (χ2n) is 6.43. The minimum absolute atomic E-state index is 0.0393. The average Bonchev–Trinajstić information content (AvgIpc) is 3.41. The van der Waals surface area contributed by atoms with Gasteiger partial charge in [-0.25, -0.2) is 9.29 Å². The Labute approximate surface area is 149 Å². The van der Waals surface area contributed by atoms with Crippen LogP contribution >= 0.6 is 11.6 Å². The topological polar surface area (TPSA) is 59.1 Å². The summed E-state index contributed by atoms with van der Waals surface area (Å²) in [5, 5.41) is 0. The predicted molar refractivity (Wildman–Crippen MR) is 88.7 cm³/mol. The van der Waals surface area contributed by atoms with E-state index < -0.39 is 23.2 Å². The lowest BCUT2D eigenvalue weighted by molar-refractivity contribution is -0.120. The van der Waals surface area contributed by atoms with Gasteiger partial charge in [0, 0.05) is 11.1 Å². The summed E-state index contributed by atoms with van der Waals surface area (Å²) in [7, 11) is 0. The minimum atomic E-state index is -0.816. The molecule has 3 aliphatic rings. The number of rotatable bonds is 5. The van der Waals surface area contributed by atoms with E-state index in [0.29, 0.717) is 42.8 Å². The molecule has 2 aliphatic heterocycles. The molecule has 2 heterocycles. The first-order valence-corrected chi connectivity index (χ1v) is 8.77. The van der Waals surface area contributed by atoms with Crippen LogP contribution < -0.4 is 4.90 Å². The fourth-order valence-electron chi connectivity index (χ4n) is 3.26. The minimum Gasteiger partial charge on any atom is -0.371 e. The molecule has 0 bridgehead atoms. The second-order valence-corrected chi connectivity index (χ2v) is 6.82. The maximum atomic E-state index is 14.6. The first-order chi connectivity index (χ1) is 12.1. The van der Waals surface area contributed by atoms with Crippen molar-refractivity contribution in [2.75, 3.05) is 18.1 Å². The van der Waals surface area contributed by atoms with Gasteiger partial charge in [-0.2, -0.15) is 0 Å². The van der Waals surface area contributed by atoms with Crippen molar-refractivity contribution in [3.05, 3.63) is 40.7 Å². The Hall–Kier alpha value is -1.76. The molecule has 2 atom stereocenters. The van der Waals surface area contributed by atoms with Gasteiger partial charge < -0.3 is 9.47 Å². The van der Waals surface area contributed by atoms with Crippen LogP contribution in [0.15, 0.2) is 29.3 Å². The Morgan fingerprint density at radius 2 is 1.88 bits per heavy atom. The lowest BCUT2D eigenvalue weighted by Crippen LogP contribution is -2.32. The van der Waals surface area contributed by atoms with Gasteiger partial charge in [-0.15, -0.1) is 0 Å². The number of hydrogen-bond donors (Lipinski definition) is 0. The predicted octanol–water partition coefficient (Wildman–Crippen LogP) is 3.22. The highest BCUT2D eigenvalue weighted by Crippen LogP contribution is 2.37. The van der Waals surface area contributed by atoms with Gasteiger partial charge in [0.1, 0.15) is 11.9 Å². The van der Waals surface area contributed by atoms with Crippen LogP contribution in [-0.4, -0.2) is 31.1 Å². The Morgan fingerprint density at radius 1 is 1.24 bits per heavy atom. The van der Waals surface area contributed by atoms with Crippen molar-refractivity contribution in [2.45, 2.75) is 37.4 Å². The van der Waals surface area contributed by atoms with Crippen LogP contribution in [0, 0.1) is 5.82 Å². The summed E-state index contributed by atoms with van der Waals surface area (Å²) in [6.45, 7) is 0.991. The SMILES string of the molecule is O=C1C2=C(CCCC2)C(=O)N1c1ccc(C(Cl)OCC2CO2)cc1F. The molecule has 1 aromatic rings. The van der Waals surface area contributed by atoms with Crippen LogP contribution in [0.1, 0.15) is 36.8 Å². The van der Waals surface area contributed by atoms with E-state index in [0.717, 1.165) is 17.7 Å². The maximum absolute atomic E-state index is 14.6. The van der Waals surface area contributed by atoms with Crippen LogP contribution in [-0.2, 0) is 19.1 Å². The van der Waals surface area contributed by atoms with Crippen LogP contribution in [0.4, 0.5) is 10.1 Å². The van der Waals surface area contributed by atoms with Gasteiger partial charge in [0.25, 0.3) is 11.8 Å². The number of ether oxygens (including phenoxy) is 2. The third-order valence-electron chi connectivity index (χ3n) is 4.70. The van der Waals surface area contributed by atoms with Crippen molar-refractivity contribution >= 4 is 29.1 Å². The number of nitrogens with zero attached hydrogens (tertiary/aromatic N) is 1. The van der Waals surface area contributed by atoms with Gasteiger partial charge in [-0.1, -0.05) is 17.7 Å². The molecule has 25 heavy (non-hydrogen) atoms. The van der Waals surface area contributed by atoms with Crippen molar-refractivity contribution in [1.29, 1.82) is 0 Å². The van der Waals surface area contributed by atoms with Crippen molar-refractivity contribution in [3.8, 4) is 0 Å². The molecule has 0 radical (unpaired) electrons. The average molecular weight is 366 g/mol. The Kier molecular flexibility index (Phi) is 4.35. The van der Waals surface area contributed by atoms with E-state index in [2.05, 4.69) is 0 Å². The molecular weight excluding hydrogens is 349 g/mol. The quantitative estimate of drug-likeness (QED) is 0.456. The molecule has 0 aromatic heterocycles. The van der Waals surface area contributed by atoms with E-state index in [1.165, 1.54) is 12.1 Å². The summed E-state index contributed by atoms with van der Waals surface area (Å²) in [5.74, 6) is -1.48. The number of anilines is 1. The summed E-state index contributed by atoms with van der Waals surface area (Å²) in [6.07, 6.45) is 2.97. The number of carbonyl (C=O) groups excluding carboxylic acids is 2. The molecule has 0 N–H and O–H groups in total. The fourth-order valence-corrected chi connectivity index (χ4v) is 3.46. The maximum Gasteiger partial charge on any atom is 0.261 e. The molecule has 7 heteroatoms. The van der Waals surface area contributed by atoms with Crippen LogP contribution in [0.2, 0.25) is 0 Å². The second kappa shape index (κ2) is 6.52. The summed E-state index contributed by atoms with van der Waals surface area (Å²) in [6, 6.07) is 4.19. The zero-order valence-electron chi connectivity index (χ0n) is 13.5. The number of epoxide rings is 1. The highest BCUT2D eigenvalue weighted by molar-refractivity contribution is 6.33. The molecule has 2 amide bonds. The van der Waals surface area contributed by atoms with Gasteiger partial charge in [0.2, 0.25) is 0 Å². The number of halogens is 2. The van der Waals surface area contributed by atoms with Crippen LogP contribution in [0.5, 0.6) is 0 Å². The normalized spacial score (nSPS) is 23.9. The summed E-state index contributed by atoms with van der Waals surface area (Å²) < 4.78 is 25.0. The number of amides is 2. The van der Waals surface area contributed by atoms with Crippen molar-refractivity contribution in [1.82, 2.24) is 0 Å². The van der Waals surface area contributed by atoms with Crippen LogP contribution in [0.3, 0.4) is 0 Å². The lowest BCUT2D eigenvalue weighted by Gasteiger charge is -2.18. The fraction of sp³-hybridized carbons (Fsp3) is 0.444. The largest absolute Gasteiger partial charge is 0.371 e.